The molecular weight excluding hydrogens is 334 g/mol. The average Bonchev–Trinajstić information content (AvgIpc) is 2.55. The summed E-state index contributed by atoms with van der Waals surface area (Å²) in [5, 5.41) is 0. The Morgan fingerprint density at radius 1 is 0.636 bits per heavy atom. The van der Waals surface area contributed by atoms with E-state index >= 15 is 0 Å². The molecule has 3 aromatic rings. The van der Waals surface area contributed by atoms with Crippen molar-refractivity contribution in [2.75, 3.05) is 4.90 Å². The number of rotatable bonds is 3. The van der Waals surface area contributed by atoms with E-state index in [0.29, 0.717) is 0 Å². The van der Waals surface area contributed by atoms with Gasteiger partial charge in [0.1, 0.15) is 0 Å². The molecule has 0 aliphatic rings. The van der Waals surface area contributed by atoms with Gasteiger partial charge in [0.2, 0.25) is 0 Å². The Morgan fingerprint density at radius 2 is 1.05 bits per heavy atom. The zero-order chi connectivity index (χ0) is 15.5. The highest BCUT2D eigenvalue weighted by Crippen LogP contribution is 2.37. The van der Waals surface area contributed by atoms with Crippen molar-refractivity contribution in [3.05, 3.63) is 88.4 Å². The molecule has 0 aromatic heterocycles. The van der Waals surface area contributed by atoms with Crippen LogP contribution in [-0.2, 0) is 0 Å². The molecule has 0 amide bonds. The van der Waals surface area contributed by atoms with Crippen molar-refractivity contribution in [3.8, 4) is 0 Å². The molecule has 2 heteroatoms. The summed E-state index contributed by atoms with van der Waals surface area (Å²) in [6.45, 7) is 4.27. The first-order valence-corrected chi connectivity index (χ1v) is 8.13. The summed E-state index contributed by atoms with van der Waals surface area (Å²) in [5.74, 6) is 0. The van der Waals surface area contributed by atoms with E-state index in [4.69, 9.17) is 0 Å². The van der Waals surface area contributed by atoms with Crippen LogP contribution in [0.4, 0.5) is 17.1 Å². The maximum absolute atomic E-state index is 3.66. The van der Waals surface area contributed by atoms with Crippen molar-refractivity contribution in [3.63, 3.8) is 0 Å². The maximum Gasteiger partial charge on any atom is 0.0467 e. The molecule has 0 bridgehead atoms. The third-order valence-corrected chi connectivity index (χ3v) is 4.96. The minimum absolute atomic E-state index is 1.16. The average molecular weight is 352 g/mol. The second-order valence-electron chi connectivity index (χ2n) is 5.40. The van der Waals surface area contributed by atoms with Crippen LogP contribution in [0, 0.1) is 13.8 Å². The molecule has 110 valence electrons. The molecule has 3 rings (SSSR count). The lowest BCUT2D eigenvalue weighted by molar-refractivity contribution is 1.24. The molecule has 0 aliphatic heterocycles. The Labute approximate surface area is 140 Å². The van der Waals surface area contributed by atoms with Crippen LogP contribution in [0.5, 0.6) is 0 Å². The van der Waals surface area contributed by atoms with E-state index in [9.17, 15) is 0 Å². The highest BCUT2D eigenvalue weighted by atomic mass is 79.9. The van der Waals surface area contributed by atoms with Gasteiger partial charge in [-0.15, -0.1) is 0 Å². The quantitative estimate of drug-likeness (QED) is 0.518. The smallest absolute Gasteiger partial charge is 0.0467 e. The minimum atomic E-state index is 1.16. The van der Waals surface area contributed by atoms with E-state index in [1.165, 1.54) is 21.3 Å². The summed E-state index contributed by atoms with van der Waals surface area (Å²) in [5.41, 5.74) is 5.99. The van der Waals surface area contributed by atoms with E-state index in [0.717, 1.165) is 11.4 Å². The Kier molecular flexibility index (Phi) is 4.30. The third-order valence-electron chi connectivity index (χ3n) is 3.71. The summed E-state index contributed by atoms with van der Waals surface area (Å²) in [6.07, 6.45) is 0. The van der Waals surface area contributed by atoms with Crippen LogP contribution in [0.25, 0.3) is 0 Å². The number of aryl methyl sites for hydroxylation is 2. The Balaban J connectivity index is 2.19. The summed E-state index contributed by atoms with van der Waals surface area (Å²) in [6, 6.07) is 25.4. The highest BCUT2D eigenvalue weighted by molar-refractivity contribution is 9.10. The second-order valence-corrected chi connectivity index (χ2v) is 6.19. The molecule has 0 saturated carbocycles. The van der Waals surface area contributed by atoms with Crippen LogP contribution >= 0.6 is 15.9 Å². The first-order chi connectivity index (χ1) is 10.7. The Hall–Kier alpha value is -2.06. The van der Waals surface area contributed by atoms with Crippen LogP contribution in [0.15, 0.2) is 77.3 Å². The summed E-state index contributed by atoms with van der Waals surface area (Å²) in [7, 11) is 0. The molecule has 22 heavy (non-hydrogen) atoms. The van der Waals surface area contributed by atoms with Gasteiger partial charge in [0, 0.05) is 21.5 Å². The topological polar surface area (TPSA) is 3.24 Å². The fourth-order valence-corrected chi connectivity index (χ4v) is 2.88. The number of hydrogen-bond donors (Lipinski definition) is 0. The summed E-state index contributed by atoms with van der Waals surface area (Å²) >= 11 is 3.66. The number of anilines is 3. The Bertz CT molecular complexity index is 704. The van der Waals surface area contributed by atoms with Gasteiger partial charge in [-0.3, -0.25) is 0 Å². The predicted octanol–water partition coefficient (Wildman–Crippen LogP) is 6.54. The monoisotopic (exact) mass is 351 g/mol. The number of nitrogens with zero attached hydrogens (tertiary/aromatic N) is 1. The molecule has 3 aromatic carbocycles. The third kappa shape index (κ3) is 2.93. The van der Waals surface area contributed by atoms with E-state index < -0.39 is 0 Å². The molecule has 0 heterocycles. The molecule has 0 atom stereocenters. The molecule has 0 N–H and O–H groups in total. The predicted molar refractivity (Wildman–Crippen MR) is 98.3 cm³/mol. The fraction of sp³-hybridized carbons (Fsp3) is 0.100. The zero-order valence-corrected chi connectivity index (χ0v) is 14.3. The van der Waals surface area contributed by atoms with Gasteiger partial charge in [-0.05, 0) is 61.4 Å². The van der Waals surface area contributed by atoms with Gasteiger partial charge < -0.3 is 4.90 Å². The van der Waals surface area contributed by atoms with Gasteiger partial charge >= 0.3 is 0 Å². The fourth-order valence-electron chi connectivity index (χ4n) is 2.65. The standard InChI is InChI=1S/C20H18BrN/c1-15-13-19(14-16(2)20(15)21)22(17-9-5-3-6-10-17)18-11-7-4-8-12-18/h3-14H,1-2H3. The second kappa shape index (κ2) is 6.37. The molecule has 1 nitrogen and oxygen atoms in total. The highest BCUT2D eigenvalue weighted by Gasteiger charge is 2.13. The largest absolute Gasteiger partial charge is 0.310 e. The first kappa shape index (κ1) is 14.9. The lowest BCUT2D eigenvalue weighted by Crippen LogP contribution is -2.10. The van der Waals surface area contributed by atoms with E-state index in [-0.39, 0.29) is 0 Å². The molecule has 0 fully saturated rings. The normalized spacial score (nSPS) is 10.5. The number of halogens is 1. The van der Waals surface area contributed by atoms with Crippen molar-refractivity contribution in [2.45, 2.75) is 13.8 Å². The van der Waals surface area contributed by atoms with Gasteiger partial charge in [0.15, 0.2) is 0 Å². The van der Waals surface area contributed by atoms with Crippen molar-refractivity contribution >= 4 is 33.0 Å². The summed E-state index contributed by atoms with van der Waals surface area (Å²) < 4.78 is 1.18. The van der Waals surface area contributed by atoms with Crippen molar-refractivity contribution in [1.82, 2.24) is 0 Å². The SMILES string of the molecule is Cc1cc(N(c2ccccc2)c2ccccc2)cc(C)c1Br. The number of hydrogen-bond acceptors (Lipinski definition) is 1. The zero-order valence-electron chi connectivity index (χ0n) is 12.8. The van der Waals surface area contributed by atoms with Crippen LogP contribution in [-0.4, -0.2) is 0 Å². The van der Waals surface area contributed by atoms with Crippen LogP contribution in [0.2, 0.25) is 0 Å². The van der Waals surface area contributed by atoms with Gasteiger partial charge in [-0.1, -0.05) is 52.3 Å². The van der Waals surface area contributed by atoms with Crippen LogP contribution in [0.3, 0.4) is 0 Å². The molecule has 0 radical (unpaired) electrons. The molecule has 0 spiro atoms. The van der Waals surface area contributed by atoms with E-state index in [1.54, 1.807) is 0 Å². The molecule has 0 unspecified atom stereocenters. The molecule has 0 saturated heterocycles. The number of para-hydroxylation sites is 2. The van der Waals surface area contributed by atoms with Crippen LogP contribution in [0.1, 0.15) is 11.1 Å². The van der Waals surface area contributed by atoms with E-state index in [2.05, 4.69) is 95.3 Å². The van der Waals surface area contributed by atoms with Crippen LogP contribution < -0.4 is 4.90 Å². The number of benzene rings is 3. The lowest BCUT2D eigenvalue weighted by atomic mass is 10.1. The lowest BCUT2D eigenvalue weighted by Gasteiger charge is -2.26. The minimum Gasteiger partial charge on any atom is -0.310 e. The first-order valence-electron chi connectivity index (χ1n) is 7.34. The molecule has 0 aliphatic carbocycles. The van der Waals surface area contributed by atoms with Gasteiger partial charge in [0.25, 0.3) is 0 Å². The van der Waals surface area contributed by atoms with Gasteiger partial charge in [-0.2, -0.15) is 0 Å². The van der Waals surface area contributed by atoms with E-state index in [1.807, 2.05) is 12.1 Å². The van der Waals surface area contributed by atoms with Crippen molar-refractivity contribution in [2.24, 2.45) is 0 Å². The Morgan fingerprint density at radius 3 is 1.45 bits per heavy atom. The maximum atomic E-state index is 3.66. The van der Waals surface area contributed by atoms with Gasteiger partial charge in [0.05, 0.1) is 0 Å². The van der Waals surface area contributed by atoms with Crippen molar-refractivity contribution in [1.29, 1.82) is 0 Å². The van der Waals surface area contributed by atoms with Crippen molar-refractivity contribution < 1.29 is 0 Å². The molecular formula is C20H18BrN. The van der Waals surface area contributed by atoms with Gasteiger partial charge in [-0.25, -0.2) is 0 Å². The summed E-state index contributed by atoms with van der Waals surface area (Å²) in [4.78, 5) is 2.28.